The Balaban J connectivity index is 1.31. The van der Waals surface area contributed by atoms with Crippen LogP contribution in [0.4, 0.5) is 0 Å². The standard InChI is InChI=1S/C21H22Cl2N4O2/c1-2-16(27-20(28)11-3-5-12(22)6-4-11)17-14-9-13(10-15(14)17)26-21(29)18-19(23)25-8-7-24-18/h3-8,13-17H,2,9-10H2,1H3,(H,26,29)(H,27,28). The first-order valence-corrected chi connectivity index (χ1v) is 10.6. The van der Waals surface area contributed by atoms with Gasteiger partial charge in [-0.2, -0.15) is 0 Å². The summed E-state index contributed by atoms with van der Waals surface area (Å²) in [5, 5.41) is 6.92. The lowest BCUT2D eigenvalue weighted by Gasteiger charge is -2.22. The summed E-state index contributed by atoms with van der Waals surface area (Å²) in [5.41, 5.74) is 0.776. The van der Waals surface area contributed by atoms with Crippen molar-refractivity contribution in [1.82, 2.24) is 20.6 Å². The Morgan fingerprint density at radius 3 is 2.34 bits per heavy atom. The molecule has 1 aromatic carbocycles. The number of amides is 2. The number of nitrogens with zero attached hydrogens (tertiary/aromatic N) is 2. The lowest BCUT2D eigenvalue weighted by Crippen LogP contribution is -2.39. The van der Waals surface area contributed by atoms with E-state index in [4.69, 9.17) is 23.2 Å². The summed E-state index contributed by atoms with van der Waals surface area (Å²) in [6, 6.07) is 7.16. The molecule has 1 aromatic heterocycles. The molecule has 0 aliphatic heterocycles. The fraction of sp³-hybridized carbons (Fsp3) is 0.429. The molecule has 2 aliphatic rings. The molecule has 6 nitrogen and oxygen atoms in total. The van der Waals surface area contributed by atoms with Gasteiger partial charge in [0.2, 0.25) is 0 Å². The van der Waals surface area contributed by atoms with Crippen LogP contribution in [0.2, 0.25) is 10.2 Å². The molecule has 0 saturated heterocycles. The fourth-order valence-corrected chi connectivity index (χ4v) is 4.97. The Bertz CT molecular complexity index is 909. The summed E-state index contributed by atoms with van der Waals surface area (Å²) in [6.07, 6.45) is 5.61. The number of hydrogen-bond acceptors (Lipinski definition) is 4. The number of halogens is 2. The van der Waals surface area contributed by atoms with Gasteiger partial charge in [-0.25, -0.2) is 9.97 Å². The molecule has 1 heterocycles. The van der Waals surface area contributed by atoms with Gasteiger partial charge < -0.3 is 10.6 Å². The summed E-state index contributed by atoms with van der Waals surface area (Å²) < 4.78 is 0. The molecule has 152 valence electrons. The Morgan fingerprint density at radius 1 is 1.07 bits per heavy atom. The second-order valence-electron chi connectivity index (χ2n) is 7.74. The Labute approximate surface area is 179 Å². The summed E-state index contributed by atoms with van der Waals surface area (Å²) >= 11 is 11.8. The zero-order valence-corrected chi connectivity index (χ0v) is 17.5. The van der Waals surface area contributed by atoms with E-state index in [-0.39, 0.29) is 34.7 Å². The van der Waals surface area contributed by atoms with Crippen molar-refractivity contribution in [3.63, 3.8) is 0 Å². The van der Waals surface area contributed by atoms with Crippen LogP contribution in [-0.4, -0.2) is 33.9 Å². The largest absolute Gasteiger partial charge is 0.349 e. The molecular weight excluding hydrogens is 411 g/mol. The number of fused-ring (bicyclic) bond motifs is 1. The smallest absolute Gasteiger partial charge is 0.273 e. The van der Waals surface area contributed by atoms with Crippen molar-refractivity contribution in [2.24, 2.45) is 17.8 Å². The van der Waals surface area contributed by atoms with Crippen LogP contribution < -0.4 is 10.6 Å². The maximum Gasteiger partial charge on any atom is 0.273 e. The van der Waals surface area contributed by atoms with Crippen LogP contribution in [0.15, 0.2) is 36.7 Å². The number of nitrogens with one attached hydrogen (secondary N) is 2. The molecule has 4 rings (SSSR count). The Kier molecular flexibility index (Phi) is 5.74. The zero-order valence-electron chi connectivity index (χ0n) is 15.9. The number of rotatable bonds is 6. The summed E-state index contributed by atoms with van der Waals surface area (Å²) in [5.74, 6) is 1.15. The van der Waals surface area contributed by atoms with Crippen molar-refractivity contribution >= 4 is 35.0 Å². The van der Waals surface area contributed by atoms with Gasteiger partial charge in [-0.05, 0) is 61.3 Å². The minimum absolute atomic E-state index is 0.0689. The number of benzene rings is 1. The molecule has 2 aliphatic carbocycles. The van der Waals surface area contributed by atoms with Crippen LogP contribution in [0.5, 0.6) is 0 Å². The van der Waals surface area contributed by atoms with E-state index in [9.17, 15) is 9.59 Å². The van der Waals surface area contributed by atoms with Gasteiger partial charge in [0.15, 0.2) is 10.8 Å². The van der Waals surface area contributed by atoms with Crippen LogP contribution in [0.25, 0.3) is 0 Å². The van der Waals surface area contributed by atoms with Gasteiger partial charge in [0.1, 0.15) is 0 Å². The second kappa shape index (κ2) is 8.28. The quantitative estimate of drug-likeness (QED) is 0.727. The fourth-order valence-electron chi connectivity index (χ4n) is 4.66. The van der Waals surface area contributed by atoms with Gasteiger partial charge in [0.05, 0.1) is 0 Å². The average Bonchev–Trinajstić information content (AvgIpc) is 3.20. The highest BCUT2D eigenvalue weighted by Crippen LogP contribution is 2.59. The van der Waals surface area contributed by atoms with Gasteiger partial charge >= 0.3 is 0 Å². The van der Waals surface area contributed by atoms with E-state index in [1.807, 2.05) is 0 Å². The minimum Gasteiger partial charge on any atom is -0.349 e. The predicted octanol–water partition coefficient (Wildman–Crippen LogP) is 3.75. The van der Waals surface area contributed by atoms with Crippen molar-refractivity contribution < 1.29 is 9.59 Å². The highest BCUT2D eigenvalue weighted by molar-refractivity contribution is 6.32. The molecule has 3 unspecified atom stereocenters. The van der Waals surface area contributed by atoms with Crippen molar-refractivity contribution in [3.8, 4) is 0 Å². The monoisotopic (exact) mass is 432 g/mol. The molecule has 0 radical (unpaired) electrons. The number of carbonyl (C=O) groups is 2. The normalized spacial score (nSPS) is 25.8. The Morgan fingerprint density at radius 2 is 1.72 bits per heavy atom. The summed E-state index contributed by atoms with van der Waals surface area (Å²) in [6.45, 7) is 2.09. The van der Waals surface area contributed by atoms with Gasteiger partial charge in [-0.3, -0.25) is 9.59 Å². The molecule has 2 fully saturated rings. The SMILES string of the molecule is CCC(NC(=O)c1ccc(Cl)cc1)C1C2CC(NC(=O)c3nccnc3Cl)CC21. The molecule has 0 bridgehead atoms. The lowest BCUT2D eigenvalue weighted by atomic mass is 9.99. The molecule has 2 aromatic rings. The van der Waals surface area contributed by atoms with Crippen LogP contribution in [0, 0.1) is 17.8 Å². The summed E-state index contributed by atoms with van der Waals surface area (Å²) in [7, 11) is 0. The number of carbonyl (C=O) groups excluding carboxylic acids is 2. The van der Waals surface area contributed by atoms with Crippen molar-refractivity contribution in [3.05, 3.63) is 58.1 Å². The van der Waals surface area contributed by atoms with Crippen molar-refractivity contribution in [2.75, 3.05) is 0 Å². The van der Waals surface area contributed by atoms with Gasteiger partial charge in [0.25, 0.3) is 11.8 Å². The first kappa shape index (κ1) is 20.1. The minimum atomic E-state index is -0.283. The predicted molar refractivity (Wildman–Crippen MR) is 111 cm³/mol. The van der Waals surface area contributed by atoms with Crippen LogP contribution in [0.1, 0.15) is 47.0 Å². The Hall–Kier alpha value is -2.18. The van der Waals surface area contributed by atoms with E-state index in [1.54, 1.807) is 24.3 Å². The highest BCUT2D eigenvalue weighted by atomic mass is 35.5. The van der Waals surface area contributed by atoms with Gasteiger partial charge in [0, 0.05) is 35.1 Å². The van der Waals surface area contributed by atoms with Crippen molar-refractivity contribution in [2.45, 2.75) is 38.3 Å². The van der Waals surface area contributed by atoms with E-state index < -0.39 is 0 Å². The van der Waals surface area contributed by atoms with Gasteiger partial charge in [-0.15, -0.1) is 0 Å². The van der Waals surface area contributed by atoms with Crippen LogP contribution >= 0.6 is 23.2 Å². The van der Waals surface area contributed by atoms with Crippen molar-refractivity contribution in [1.29, 1.82) is 0 Å². The first-order valence-electron chi connectivity index (χ1n) is 9.81. The molecule has 2 saturated carbocycles. The summed E-state index contributed by atoms with van der Waals surface area (Å²) in [4.78, 5) is 32.8. The molecule has 3 atom stereocenters. The molecule has 2 N–H and O–H groups in total. The molecule has 0 spiro atoms. The molecule has 29 heavy (non-hydrogen) atoms. The highest BCUT2D eigenvalue weighted by Gasteiger charge is 2.58. The molecular formula is C21H22Cl2N4O2. The van der Waals surface area contributed by atoms with E-state index in [0.717, 1.165) is 19.3 Å². The lowest BCUT2D eigenvalue weighted by molar-refractivity contribution is 0.0926. The van der Waals surface area contributed by atoms with Crippen LogP contribution in [-0.2, 0) is 0 Å². The molecule has 2 amide bonds. The third-order valence-corrected chi connectivity index (χ3v) is 6.57. The first-order chi connectivity index (χ1) is 14.0. The zero-order chi connectivity index (χ0) is 20.5. The van der Waals surface area contributed by atoms with E-state index in [1.165, 1.54) is 12.4 Å². The van der Waals surface area contributed by atoms with Gasteiger partial charge in [-0.1, -0.05) is 30.1 Å². The maximum absolute atomic E-state index is 12.5. The second-order valence-corrected chi connectivity index (χ2v) is 8.53. The number of hydrogen-bond donors (Lipinski definition) is 2. The van der Waals surface area contributed by atoms with E-state index >= 15 is 0 Å². The van der Waals surface area contributed by atoms with Crippen LogP contribution in [0.3, 0.4) is 0 Å². The average molecular weight is 433 g/mol. The van der Waals surface area contributed by atoms with E-state index in [0.29, 0.717) is 28.3 Å². The third-order valence-electron chi connectivity index (χ3n) is 6.04. The maximum atomic E-state index is 12.5. The number of aromatic nitrogens is 2. The third kappa shape index (κ3) is 4.23. The van der Waals surface area contributed by atoms with E-state index in [2.05, 4.69) is 27.5 Å². The topological polar surface area (TPSA) is 84.0 Å². The molecule has 8 heteroatoms.